The minimum atomic E-state index is -1.01. The number of rotatable bonds is 6. The van der Waals surface area contributed by atoms with Gasteiger partial charge in [0, 0.05) is 24.6 Å². The molecule has 5 nitrogen and oxygen atoms in total. The second-order valence-electron chi connectivity index (χ2n) is 4.98. The summed E-state index contributed by atoms with van der Waals surface area (Å²) < 4.78 is 5.23. The van der Waals surface area contributed by atoms with Crippen LogP contribution in [0.4, 0.5) is 0 Å². The van der Waals surface area contributed by atoms with Crippen LogP contribution in [0.15, 0.2) is 12.1 Å². The standard InChI is InChI=1S/C14H19NO4S/c1-9-7-11(20-10(9)5-6-12(16)17)13(18)15-8-14(2,3)19-4/h5-7H,8H2,1-4H3,(H,15,18)(H,16,17)/b6-5+. The Kier molecular flexibility index (Phi) is 5.47. The van der Waals surface area contributed by atoms with Crippen LogP contribution < -0.4 is 5.32 Å². The molecule has 0 aromatic carbocycles. The van der Waals surface area contributed by atoms with Crippen LogP contribution in [0.1, 0.15) is 34.0 Å². The first-order valence-electron chi connectivity index (χ1n) is 6.10. The highest BCUT2D eigenvalue weighted by molar-refractivity contribution is 7.15. The van der Waals surface area contributed by atoms with Crippen LogP contribution in [0.3, 0.4) is 0 Å². The summed E-state index contributed by atoms with van der Waals surface area (Å²) >= 11 is 1.26. The van der Waals surface area contributed by atoms with Crippen LogP contribution in [0.2, 0.25) is 0 Å². The maximum atomic E-state index is 12.0. The zero-order valence-corrected chi connectivity index (χ0v) is 12.8. The third-order valence-corrected chi connectivity index (χ3v) is 3.99. The molecule has 0 aliphatic carbocycles. The van der Waals surface area contributed by atoms with Crippen molar-refractivity contribution in [3.8, 4) is 0 Å². The Morgan fingerprint density at radius 1 is 1.50 bits per heavy atom. The van der Waals surface area contributed by atoms with Gasteiger partial charge in [0.15, 0.2) is 0 Å². The van der Waals surface area contributed by atoms with Gasteiger partial charge in [0.05, 0.1) is 10.5 Å². The molecule has 110 valence electrons. The van der Waals surface area contributed by atoms with Crippen molar-refractivity contribution in [2.45, 2.75) is 26.4 Å². The van der Waals surface area contributed by atoms with Gasteiger partial charge in [0.25, 0.3) is 5.91 Å². The fourth-order valence-corrected chi connectivity index (χ4v) is 2.37. The van der Waals surface area contributed by atoms with Gasteiger partial charge in [-0.3, -0.25) is 4.79 Å². The van der Waals surface area contributed by atoms with Crippen LogP contribution in [-0.2, 0) is 9.53 Å². The molecule has 20 heavy (non-hydrogen) atoms. The first-order chi connectivity index (χ1) is 9.25. The number of amides is 1. The highest BCUT2D eigenvalue weighted by Crippen LogP contribution is 2.23. The van der Waals surface area contributed by atoms with E-state index in [0.717, 1.165) is 16.5 Å². The molecule has 0 saturated heterocycles. The lowest BCUT2D eigenvalue weighted by atomic mass is 10.1. The van der Waals surface area contributed by atoms with Crippen LogP contribution >= 0.6 is 11.3 Å². The molecule has 0 aliphatic rings. The average molecular weight is 297 g/mol. The Balaban J connectivity index is 2.75. The number of ether oxygens (including phenoxy) is 1. The Hall–Kier alpha value is -1.66. The summed E-state index contributed by atoms with van der Waals surface area (Å²) in [4.78, 5) is 23.8. The first-order valence-corrected chi connectivity index (χ1v) is 6.91. The van der Waals surface area contributed by atoms with E-state index >= 15 is 0 Å². The molecule has 0 fully saturated rings. The molecule has 1 aromatic rings. The van der Waals surface area contributed by atoms with Crippen molar-refractivity contribution in [2.75, 3.05) is 13.7 Å². The van der Waals surface area contributed by atoms with Crippen molar-refractivity contribution >= 4 is 29.3 Å². The number of carbonyl (C=O) groups excluding carboxylic acids is 1. The second kappa shape index (κ2) is 6.67. The molecule has 1 rings (SSSR count). The topological polar surface area (TPSA) is 75.6 Å². The summed E-state index contributed by atoms with van der Waals surface area (Å²) in [5.74, 6) is -1.19. The van der Waals surface area contributed by atoms with E-state index in [1.807, 2.05) is 20.8 Å². The zero-order valence-electron chi connectivity index (χ0n) is 12.0. The highest BCUT2D eigenvalue weighted by atomic mass is 32.1. The van der Waals surface area contributed by atoms with Crippen molar-refractivity contribution in [3.63, 3.8) is 0 Å². The van der Waals surface area contributed by atoms with Crippen molar-refractivity contribution < 1.29 is 19.4 Å². The minimum absolute atomic E-state index is 0.182. The van der Waals surface area contributed by atoms with Crippen molar-refractivity contribution in [1.82, 2.24) is 5.32 Å². The number of aryl methyl sites for hydroxylation is 1. The number of methoxy groups -OCH3 is 1. The third-order valence-electron chi connectivity index (χ3n) is 2.78. The van der Waals surface area contributed by atoms with Gasteiger partial charge in [-0.2, -0.15) is 0 Å². The minimum Gasteiger partial charge on any atom is -0.478 e. The van der Waals surface area contributed by atoms with E-state index in [2.05, 4.69) is 5.32 Å². The van der Waals surface area contributed by atoms with Gasteiger partial charge in [0.1, 0.15) is 0 Å². The van der Waals surface area contributed by atoms with E-state index in [4.69, 9.17) is 9.84 Å². The maximum Gasteiger partial charge on any atom is 0.328 e. The molecule has 6 heteroatoms. The lowest BCUT2D eigenvalue weighted by Crippen LogP contribution is -2.39. The summed E-state index contributed by atoms with van der Waals surface area (Å²) in [7, 11) is 1.59. The predicted molar refractivity (Wildman–Crippen MR) is 79.1 cm³/mol. The number of hydrogen-bond acceptors (Lipinski definition) is 4. The number of carboxylic acid groups (broad SMARTS) is 1. The molecular weight excluding hydrogens is 278 g/mol. The first kappa shape index (κ1) is 16.4. The summed E-state index contributed by atoms with van der Waals surface area (Å²) in [6.45, 7) is 6.01. The van der Waals surface area contributed by atoms with Gasteiger partial charge in [-0.15, -0.1) is 11.3 Å². The zero-order chi connectivity index (χ0) is 15.3. The van der Waals surface area contributed by atoms with Gasteiger partial charge in [-0.1, -0.05) is 0 Å². The number of hydrogen-bond donors (Lipinski definition) is 2. The van der Waals surface area contributed by atoms with E-state index in [9.17, 15) is 9.59 Å². The summed E-state index contributed by atoms with van der Waals surface area (Å²) in [5.41, 5.74) is 0.456. The monoisotopic (exact) mass is 297 g/mol. The molecule has 1 aromatic heterocycles. The summed E-state index contributed by atoms with van der Waals surface area (Å²) in [5, 5.41) is 11.4. The van der Waals surface area contributed by atoms with Gasteiger partial charge in [-0.05, 0) is 38.5 Å². The Labute approximate surface area is 122 Å². The Morgan fingerprint density at radius 3 is 2.70 bits per heavy atom. The van der Waals surface area contributed by atoms with Crippen LogP contribution in [0, 0.1) is 6.92 Å². The van der Waals surface area contributed by atoms with Crippen molar-refractivity contribution in [1.29, 1.82) is 0 Å². The van der Waals surface area contributed by atoms with Crippen LogP contribution in [-0.4, -0.2) is 36.2 Å². The largest absolute Gasteiger partial charge is 0.478 e. The fraction of sp³-hybridized carbons (Fsp3) is 0.429. The summed E-state index contributed by atoms with van der Waals surface area (Å²) in [6, 6.07) is 1.75. The number of thiophene rings is 1. The SMILES string of the molecule is COC(C)(C)CNC(=O)c1cc(C)c(/C=C/C(=O)O)s1. The number of carboxylic acids is 1. The van der Waals surface area contributed by atoms with Gasteiger partial charge >= 0.3 is 5.97 Å². The van der Waals surface area contributed by atoms with E-state index in [1.165, 1.54) is 17.4 Å². The average Bonchev–Trinajstić information content (AvgIpc) is 2.75. The normalized spacial score (nSPS) is 11.8. The molecular formula is C14H19NO4S. The lowest BCUT2D eigenvalue weighted by Gasteiger charge is -2.22. The number of carbonyl (C=O) groups is 2. The van der Waals surface area contributed by atoms with Crippen molar-refractivity contribution in [2.24, 2.45) is 0 Å². The smallest absolute Gasteiger partial charge is 0.328 e. The molecule has 0 saturated carbocycles. The Bertz CT molecular complexity index is 531. The molecule has 0 unspecified atom stereocenters. The van der Waals surface area contributed by atoms with E-state index in [0.29, 0.717) is 11.4 Å². The molecule has 0 bridgehead atoms. The van der Waals surface area contributed by atoms with E-state index < -0.39 is 11.6 Å². The van der Waals surface area contributed by atoms with Crippen LogP contribution in [0.5, 0.6) is 0 Å². The lowest BCUT2D eigenvalue weighted by molar-refractivity contribution is -0.131. The van der Waals surface area contributed by atoms with E-state index in [-0.39, 0.29) is 5.91 Å². The maximum absolute atomic E-state index is 12.0. The molecule has 0 radical (unpaired) electrons. The quantitative estimate of drug-likeness (QED) is 0.790. The van der Waals surface area contributed by atoms with Crippen molar-refractivity contribution in [3.05, 3.63) is 27.5 Å². The van der Waals surface area contributed by atoms with Gasteiger partial charge in [0.2, 0.25) is 0 Å². The summed E-state index contributed by atoms with van der Waals surface area (Å²) in [6.07, 6.45) is 2.56. The predicted octanol–water partition coefficient (Wildman–Crippen LogP) is 2.31. The van der Waals surface area contributed by atoms with E-state index in [1.54, 1.807) is 13.2 Å². The number of nitrogens with one attached hydrogen (secondary N) is 1. The van der Waals surface area contributed by atoms with Crippen LogP contribution in [0.25, 0.3) is 6.08 Å². The second-order valence-corrected chi connectivity index (χ2v) is 6.06. The molecule has 0 aliphatic heterocycles. The molecule has 2 N–H and O–H groups in total. The van der Waals surface area contributed by atoms with Gasteiger partial charge in [-0.25, -0.2) is 4.79 Å². The molecule has 1 heterocycles. The number of aliphatic carboxylic acids is 1. The highest BCUT2D eigenvalue weighted by Gasteiger charge is 2.19. The molecule has 0 spiro atoms. The van der Waals surface area contributed by atoms with Gasteiger partial charge < -0.3 is 15.2 Å². The molecule has 1 amide bonds. The fourth-order valence-electron chi connectivity index (χ4n) is 1.37. The Morgan fingerprint density at radius 2 is 2.15 bits per heavy atom. The third kappa shape index (κ3) is 4.79. The molecule has 0 atom stereocenters.